The lowest BCUT2D eigenvalue weighted by molar-refractivity contribution is 0.0813. The molecule has 1 heterocycles. The first-order valence-electron chi connectivity index (χ1n) is 5.20. The van der Waals surface area contributed by atoms with Gasteiger partial charge in [-0.2, -0.15) is 0 Å². The molecular formula is C11H17NO4. The predicted molar refractivity (Wildman–Crippen MR) is 58.3 cm³/mol. The number of aliphatic hydroxyl groups excluding tert-OH is 1. The summed E-state index contributed by atoms with van der Waals surface area (Å²) in [7, 11) is 1.51. The monoisotopic (exact) mass is 227 g/mol. The van der Waals surface area contributed by atoms with Crippen molar-refractivity contribution in [2.45, 2.75) is 19.4 Å². The summed E-state index contributed by atoms with van der Waals surface area (Å²) >= 11 is 0. The Bertz CT molecular complexity index is 334. The molecule has 1 aromatic heterocycles. The van der Waals surface area contributed by atoms with E-state index in [1.807, 2.05) is 6.92 Å². The van der Waals surface area contributed by atoms with E-state index in [2.05, 4.69) is 5.32 Å². The summed E-state index contributed by atoms with van der Waals surface area (Å²) < 4.78 is 10.1. The van der Waals surface area contributed by atoms with Crippen molar-refractivity contribution in [1.29, 1.82) is 0 Å². The second-order valence-corrected chi connectivity index (χ2v) is 3.43. The van der Waals surface area contributed by atoms with Crippen LogP contribution in [0.4, 0.5) is 0 Å². The van der Waals surface area contributed by atoms with Gasteiger partial charge in [0.2, 0.25) is 0 Å². The molecule has 0 aliphatic heterocycles. The number of carbonyl (C=O) groups is 1. The first-order valence-corrected chi connectivity index (χ1v) is 5.20. The highest BCUT2D eigenvalue weighted by atomic mass is 16.5. The van der Waals surface area contributed by atoms with Crippen molar-refractivity contribution in [1.82, 2.24) is 5.32 Å². The molecule has 0 aromatic carbocycles. The van der Waals surface area contributed by atoms with Crippen LogP contribution in [0.25, 0.3) is 0 Å². The highest BCUT2D eigenvalue weighted by molar-refractivity contribution is 5.91. The van der Waals surface area contributed by atoms with Crippen LogP contribution in [0.1, 0.15) is 23.2 Å². The van der Waals surface area contributed by atoms with Crippen LogP contribution < -0.4 is 5.32 Å². The van der Waals surface area contributed by atoms with Gasteiger partial charge in [-0.3, -0.25) is 4.79 Å². The lowest BCUT2D eigenvalue weighted by Gasteiger charge is -2.13. The molecule has 0 aliphatic carbocycles. The van der Waals surface area contributed by atoms with E-state index >= 15 is 0 Å². The first kappa shape index (κ1) is 12.7. The van der Waals surface area contributed by atoms with Crippen LogP contribution in [-0.2, 0) is 11.2 Å². The number of aryl methyl sites for hydroxylation is 1. The number of amides is 1. The smallest absolute Gasteiger partial charge is 0.287 e. The van der Waals surface area contributed by atoms with Crippen molar-refractivity contribution in [2.24, 2.45) is 0 Å². The SMILES string of the molecule is CCc1ccc(C(=O)NC(CO)COC)o1. The molecule has 1 unspecified atom stereocenters. The van der Waals surface area contributed by atoms with Crippen molar-refractivity contribution < 1.29 is 19.1 Å². The second-order valence-electron chi connectivity index (χ2n) is 3.43. The number of carbonyl (C=O) groups excluding carboxylic acids is 1. The molecule has 1 atom stereocenters. The van der Waals surface area contributed by atoms with Crippen LogP contribution in [0.5, 0.6) is 0 Å². The van der Waals surface area contributed by atoms with Gasteiger partial charge in [0, 0.05) is 13.5 Å². The fourth-order valence-electron chi connectivity index (χ4n) is 1.29. The van der Waals surface area contributed by atoms with E-state index in [4.69, 9.17) is 14.3 Å². The Balaban J connectivity index is 2.56. The van der Waals surface area contributed by atoms with Crippen molar-refractivity contribution in [3.63, 3.8) is 0 Å². The Morgan fingerprint density at radius 3 is 2.88 bits per heavy atom. The zero-order valence-electron chi connectivity index (χ0n) is 9.53. The van der Waals surface area contributed by atoms with Gasteiger partial charge in [0.1, 0.15) is 5.76 Å². The molecule has 0 bridgehead atoms. The third-order valence-electron chi connectivity index (χ3n) is 2.16. The predicted octanol–water partition coefficient (Wildman–Crippen LogP) is 0.579. The minimum Gasteiger partial charge on any atom is -0.456 e. The summed E-state index contributed by atoms with van der Waals surface area (Å²) in [6.07, 6.45) is 0.745. The number of hydrogen-bond acceptors (Lipinski definition) is 4. The van der Waals surface area contributed by atoms with Crippen molar-refractivity contribution in [2.75, 3.05) is 20.3 Å². The summed E-state index contributed by atoms with van der Waals surface area (Å²) in [4.78, 5) is 11.6. The van der Waals surface area contributed by atoms with Gasteiger partial charge in [0.05, 0.1) is 19.3 Å². The molecule has 5 nitrogen and oxygen atoms in total. The van der Waals surface area contributed by atoms with Gasteiger partial charge in [-0.05, 0) is 12.1 Å². The van der Waals surface area contributed by atoms with Crippen LogP contribution in [0.3, 0.4) is 0 Å². The summed E-state index contributed by atoms with van der Waals surface area (Å²) in [5, 5.41) is 11.6. The van der Waals surface area contributed by atoms with E-state index in [0.29, 0.717) is 0 Å². The number of furan rings is 1. The standard InChI is InChI=1S/C11H17NO4/c1-3-9-4-5-10(16-9)11(14)12-8(6-13)7-15-2/h4-5,8,13H,3,6-7H2,1-2H3,(H,12,14). The zero-order valence-corrected chi connectivity index (χ0v) is 9.53. The molecule has 2 N–H and O–H groups in total. The number of ether oxygens (including phenoxy) is 1. The van der Waals surface area contributed by atoms with Gasteiger partial charge in [-0.1, -0.05) is 6.92 Å². The fraction of sp³-hybridized carbons (Fsp3) is 0.545. The molecular weight excluding hydrogens is 210 g/mol. The third kappa shape index (κ3) is 3.36. The zero-order chi connectivity index (χ0) is 12.0. The van der Waals surface area contributed by atoms with Gasteiger partial charge in [0.25, 0.3) is 5.91 Å². The number of aliphatic hydroxyl groups is 1. The summed E-state index contributed by atoms with van der Waals surface area (Å²) in [5.41, 5.74) is 0. The van der Waals surface area contributed by atoms with Gasteiger partial charge in [-0.15, -0.1) is 0 Å². The Morgan fingerprint density at radius 1 is 1.62 bits per heavy atom. The minimum atomic E-state index is -0.410. The second kappa shape index (κ2) is 6.30. The van der Waals surface area contributed by atoms with Crippen LogP contribution >= 0.6 is 0 Å². The Kier molecular flexibility index (Phi) is 5.01. The van der Waals surface area contributed by atoms with Crippen molar-refractivity contribution in [3.05, 3.63) is 23.7 Å². The maximum atomic E-state index is 11.6. The minimum absolute atomic E-state index is 0.166. The molecule has 5 heteroatoms. The Hall–Kier alpha value is -1.33. The topological polar surface area (TPSA) is 71.7 Å². The third-order valence-corrected chi connectivity index (χ3v) is 2.16. The van der Waals surface area contributed by atoms with Gasteiger partial charge in [-0.25, -0.2) is 0 Å². The van der Waals surface area contributed by atoms with Crippen LogP contribution in [0.15, 0.2) is 16.5 Å². The lowest BCUT2D eigenvalue weighted by atomic mass is 10.3. The average molecular weight is 227 g/mol. The van der Waals surface area contributed by atoms with Crippen LogP contribution in [-0.4, -0.2) is 37.4 Å². The molecule has 1 aromatic rings. The number of rotatable bonds is 6. The summed E-state index contributed by atoms with van der Waals surface area (Å²) in [6.45, 7) is 2.05. The van der Waals surface area contributed by atoms with Gasteiger partial charge >= 0.3 is 0 Å². The molecule has 0 fully saturated rings. The highest BCUT2D eigenvalue weighted by Crippen LogP contribution is 2.08. The molecule has 0 saturated carbocycles. The van der Waals surface area contributed by atoms with E-state index in [9.17, 15) is 4.79 Å². The largest absolute Gasteiger partial charge is 0.456 e. The lowest BCUT2D eigenvalue weighted by Crippen LogP contribution is -2.40. The fourth-order valence-corrected chi connectivity index (χ4v) is 1.29. The van der Waals surface area contributed by atoms with E-state index in [1.165, 1.54) is 7.11 Å². The number of nitrogens with one attached hydrogen (secondary N) is 1. The van der Waals surface area contributed by atoms with E-state index < -0.39 is 6.04 Å². The maximum Gasteiger partial charge on any atom is 0.287 e. The molecule has 0 radical (unpaired) electrons. The quantitative estimate of drug-likeness (QED) is 0.745. The van der Waals surface area contributed by atoms with Crippen molar-refractivity contribution >= 4 is 5.91 Å². The van der Waals surface area contributed by atoms with Gasteiger partial charge in [0.15, 0.2) is 5.76 Å². The van der Waals surface area contributed by atoms with Crippen LogP contribution in [0, 0.1) is 0 Å². The van der Waals surface area contributed by atoms with Crippen LogP contribution in [0.2, 0.25) is 0 Å². The molecule has 1 rings (SSSR count). The molecule has 16 heavy (non-hydrogen) atoms. The van der Waals surface area contributed by atoms with Gasteiger partial charge < -0.3 is 19.6 Å². The number of methoxy groups -OCH3 is 1. The molecule has 0 aliphatic rings. The average Bonchev–Trinajstić information content (AvgIpc) is 2.76. The Morgan fingerprint density at radius 2 is 2.38 bits per heavy atom. The highest BCUT2D eigenvalue weighted by Gasteiger charge is 2.15. The van der Waals surface area contributed by atoms with E-state index in [-0.39, 0.29) is 24.9 Å². The normalized spacial score (nSPS) is 12.4. The van der Waals surface area contributed by atoms with Crippen molar-refractivity contribution in [3.8, 4) is 0 Å². The molecule has 0 spiro atoms. The summed E-state index contributed by atoms with van der Waals surface area (Å²) in [6, 6.07) is 2.97. The molecule has 90 valence electrons. The molecule has 0 saturated heterocycles. The maximum absolute atomic E-state index is 11.6. The van der Waals surface area contributed by atoms with E-state index in [1.54, 1.807) is 12.1 Å². The number of hydrogen-bond donors (Lipinski definition) is 2. The molecule has 1 amide bonds. The summed E-state index contributed by atoms with van der Waals surface area (Å²) in [5.74, 6) is 0.680. The first-order chi connectivity index (χ1) is 7.71. The Labute approximate surface area is 94.4 Å². The van der Waals surface area contributed by atoms with E-state index in [0.717, 1.165) is 12.2 Å².